The molecule has 0 heterocycles. The third-order valence-electron chi connectivity index (χ3n) is 7.55. The third kappa shape index (κ3) is 17.1. The molecule has 0 aliphatic heterocycles. The van der Waals surface area contributed by atoms with Gasteiger partial charge in [-0.25, -0.2) is 0 Å². The van der Waals surface area contributed by atoms with Crippen LogP contribution in [0.3, 0.4) is 0 Å². The molecule has 0 saturated carbocycles. The summed E-state index contributed by atoms with van der Waals surface area (Å²) >= 11 is 0. The average molecular weight is 659 g/mol. The van der Waals surface area contributed by atoms with Crippen LogP contribution in [0.15, 0.2) is 0 Å². The zero-order valence-electron chi connectivity index (χ0n) is 27.0. The van der Waals surface area contributed by atoms with E-state index in [1.807, 2.05) is 0 Å². The fourth-order valence-corrected chi connectivity index (χ4v) is 7.40. The van der Waals surface area contributed by atoms with Crippen LogP contribution in [0.2, 0.25) is 0 Å². The molecule has 0 aliphatic rings. The molecule has 218 valence electrons. The SMILES string of the molecule is C.C.C[C-](C)C(C(C)C)C(C)(C)C(C)(C)[CH-]C(C)C.[CH2-]C(C)(C)C(C(C)C)C(C)(C)[CH-]C(C)C.[Y].[Y]. The second-order valence-corrected chi connectivity index (χ2v) is 14.6. The van der Waals surface area contributed by atoms with Crippen molar-refractivity contribution in [3.05, 3.63) is 25.7 Å². The molecule has 2 radical (unpaired) electrons. The van der Waals surface area contributed by atoms with Crippen LogP contribution in [0.4, 0.5) is 0 Å². The number of hydrogen-bond donors (Lipinski definition) is 0. The van der Waals surface area contributed by atoms with Crippen LogP contribution in [0.5, 0.6) is 0 Å². The summed E-state index contributed by atoms with van der Waals surface area (Å²) in [6.07, 6.45) is 5.00. The van der Waals surface area contributed by atoms with Gasteiger partial charge in [0.1, 0.15) is 0 Å². The standard InChI is InChI=1S/C17H34.C15H30.2CH4.2Y/c1-12(2)11-16(7,8)17(9,10)15(13(3)4)14(5)6;1-11(2)10-15(8,9)13(12(3)4)14(5,6)7;;;;/h11-13,15H,1-10H3;10-13H,5H2,1-4,6-9H3;2*1H4;;/q2*-2;;;;. The van der Waals surface area contributed by atoms with Crippen molar-refractivity contribution >= 4 is 0 Å². The Morgan fingerprint density at radius 1 is 0.611 bits per heavy atom. The van der Waals surface area contributed by atoms with E-state index in [2.05, 4.69) is 144 Å². The summed E-state index contributed by atoms with van der Waals surface area (Å²) in [5, 5.41) is 0. The van der Waals surface area contributed by atoms with Crippen LogP contribution >= 0.6 is 0 Å². The van der Waals surface area contributed by atoms with E-state index in [1.165, 1.54) is 0 Å². The molecule has 2 unspecified atom stereocenters. The molecule has 0 rings (SSSR count). The summed E-state index contributed by atoms with van der Waals surface area (Å²) in [5.41, 5.74) is 0.939. The van der Waals surface area contributed by atoms with E-state index in [0.29, 0.717) is 40.9 Å². The second kappa shape index (κ2) is 20.1. The zero-order chi connectivity index (χ0) is 26.5. The largest absolute Gasteiger partial charge is 0.338 e. The van der Waals surface area contributed by atoms with E-state index < -0.39 is 0 Å². The molecule has 36 heavy (non-hydrogen) atoms. The monoisotopic (exact) mass is 658 g/mol. The van der Waals surface area contributed by atoms with Gasteiger partial charge in [-0.05, 0) is 5.92 Å². The Morgan fingerprint density at radius 3 is 1.14 bits per heavy atom. The van der Waals surface area contributed by atoms with E-state index in [4.69, 9.17) is 0 Å². The molecule has 0 N–H and O–H groups in total. The minimum absolute atomic E-state index is 0. The maximum absolute atomic E-state index is 4.35. The molecule has 0 spiro atoms. The Morgan fingerprint density at radius 2 is 0.944 bits per heavy atom. The van der Waals surface area contributed by atoms with Crippen molar-refractivity contribution in [3.63, 3.8) is 0 Å². The molecule has 0 nitrogen and oxygen atoms in total. The Balaban J connectivity index is -0.000000113. The average Bonchev–Trinajstić information content (AvgIpc) is 2.39. The van der Waals surface area contributed by atoms with E-state index in [-0.39, 0.29) is 96.5 Å². The molecule has 0 amide bonds. The minimum atomic E-state index is 0. The first kappa shape index (κ1) is 51.0. The molecule has 0 saturated heterocycles. The van der Waals surface area contributed by atoms with Crippen LogP contribution in [-0.2, 0) is 65.4 Å². The molecular formula is C34H72Y2-4. The Labute approximate surface area is 285 Å². The Bertz CT molecular complexity index is 494. The van der Waals surface area contributed by atoms with Crippen molar-refractivity contribution < 1.29 is 65.4 Å². The number of hydrogen-bond acceptors (Lipinski definition) is 0. The summed E-state index contributed by atoms with van der Waals surface area (Å²) in [4.78, 5) is 0. The fourth-order valence-electron chi connectivity index (χ4n) is 7.40. The second-order valence-electron chi connectivity index (χ2n) is 14.6. The van der Waals surface area contributed by atoms with Gasteiger partial charge in [0.05, 0.1) is 0 Å². The van der Waals surface area contributed by atoms with Crippen molar-refractivity contribution in [1.29, 1.82) is 0 Å². The predicted octanol–water partition coefficient (Wildman–Crippen LogP) is 12.1. The molecule has 2 atom stereocenters. The van der Waals surface area contributed by atoms with Gasteiger partial charge in [0.25, 0.3) is 0 Å². The van der Waals surface area contributed by atoms with Gasteiger partial charge >= 0.3 is 0 Å². The van der Waals surface area contributed by atoms with E-state index in [0.717, 1.165) is 0 Å². The van der Waals surface area contributed by atoms with Gasteiger partial charge in [-0.2, -0.15) is 47.8 Å². The maximum atomic E-state index is 4.35. The van der Waals surface area contributed by atoms with Crippen LogP contribution < -0.4 is 0 Å². The third-order valence-corrected chi connectivity index (χ3v) is 7.55. The molecule has 0 aromatic carbocycles. The van der Waals surface area contributed by atoms with E-state index in [1.54, 1.807) is 5.92 Å². The molecule has 0 aromatic heterocycles. The van der Waals surface area contributed by atoms with E-state index in [9.17, 15) is 0 Å². The molecule has 0 bridgehead atoms. The first-order valence-electron chi connectivity index (χ1n) is 13.3. The summed E-state index contributed by atoms with van der Waals surface area (Å²) in [6, 6.07) is 0. The van der Waals surface area contributed by atoms with Gasteiger partial charge in [-0.3, -0.25) is 0 Å². The van der Waals surface area contributed by atoms with Crippen LogP contribution in [0.1, 0.15) is 139 Å². The summed E-state index contributed by atoms with van der Waals surface area (Å²) in [6.45, 7) is 46.2. The molecule has 2 heteroatoms. The first-order chi connectivity index (χ1) is 13.9. The van der Waals surface area contributed by atoms with Gasteiger partial charge in [-0.15, -0.1) is 0 Å². The summed E-state index contributed by atoms with van der Waals surface area (Å²) in [7, 11) is 0. The topological polar surface area (TPSA) is 0 Å². The molecule has 0 aliphatic carbocycles. The van der Waals surface area contributed by atoms with Gasteiger partial charge in [0, 0.05) is 65.4 Å². The van der Waals surface area contributed by atoms with Crippen molar-refractivity contribution in [2.24, 2.45) is 57.2 Å². The van der Waals surface area contributed by atoms with Crippen LogP contribution in [0.25, 0.3) is 0 Å². The van der Waals surface area contributed by atoms with Crippen molar-refractivity contribution in [2.75, 3.05) is 0 Å². The van der Waals surface area contributed by atoms with Gasteiger partial charge in [0.15, 0.2) is 0 Å². The van der Waals surface area contributed by atoms with Gasteiger partial charge < -0.3 is 25.7 Å². The summed E-state index contributed by atoms with van der Waals surface area (Å²) in [5.74, 6) is 5.52. The molecule has 0 fully saturated rings. The minimum Gasteiger partial charge on any atom is -0.338 e. The van der Waals surface area contributed by atoms with Crippen LogP contribution in [0, 0.1) is 82.9 Å². The Hall–Kier alpha value is 2.21. The van der Waals surface area contributed by atoms with Gasteiger partial charge in [-0.1, -0.05) is 143 Å². The Kier molecular flexibility index (Phi) is 28.5. The molecule has 0 aromatic rings. The summed E-state index contributed by atoms with van der Waals surface area (Å²) < 4.78 is 0. The molecular weight excluding hydrogens is 586 g/mol. The number of rotatable bonds is 11. The predicted molar refractivity (Wildman–Crippen MR) is 163 cm³/mol. The van der Waals surface area contributed by atoms with E-state index >= 15 is 0 Å². The van der Waals surface area contributed by atoms with Crippen molar-refractivity contribution in [2.45, 2.75) is 139 Å². The fraction of sp³-hybridized carbons (Fsp3) is 0.882. The van der Waals surface area contributed by atoms with Crippen molar-refractivity contribution in [1.82, 2.24) is 0 Å². The quantitative estimate of drug-likeness (QED) is 0.194. The zero-order valence-corrected chi connectivity index (χ0v) is 32.7. The normalized spacial score (nSPS) is 14.3. The smallest absolute Gasteiger partial charge is 0 e. The van der Waals surface area contributed by atoms with Crippen LogP contribution in [-0.4, -0.2) is 0 Å². The maximum Gasteiger partial charge on any atom is 0 e. The van der Waals surface area contributed by atoms with Crippen molar-refractivity contribution in [3.8, 4) is 0 Å². The first-order valence-corrected chi connectivity index (χ1v) is 13.3. The van der Waals surface area contributed by atoms with Gasteiger partial charge in [0.2, 0.25) is 0 Å².